The Morgan fingerprint density at radius 1 is 1.46 bits per heavy atom. The van der Waals surface area contributed by atoms with Crippen molar-refractivity contribution >= 4 is 0 Å². The molecule has 3 nitrogen and oxygen atoms in total. The molecule has 0 aromatic heterocycles. The summed E-state index contributed by atoms with van der Waals surface area (Å²) < 4.78 is 0. The Morgan fingerprint density at radius 2 is 2.23 bits per heavy atom. The second kappa shape index (κ2) is 4.84. The number of benzene rings is 1. The van der Waals surface area contributed by atoms with Gasteiger partial charge in [-0.1, -0.05) is 17.7 Å². The van der Waals surface area contributed by atoms with Crippen LogP contribution in [0.25, 0.3) is 0 Å². The summed E-state index contributed by atoms with van der Waals surface area (Å²) in [6.07, 6.45) is 0. The molecule has 0 saturated carbocycles. The molecule has 0 fully saturated rings. The first-order chi connectivity index (χ1) is 6.24. The molecule has 0 bridgehead atoms. The van der Waals surface area contributed by atoms with E-state index in [0.29, 0.717) is 18.9 Å². The van der Waals surface area contributed by atoms with Gasteiger partial charge in [0.15, 0.2) is 0 Å². The number of hydrogen-bond acceptors (Lipinski definition) is 3. The summed E-state index contributed by atoms with van der Waals surface area (Å²) in [5.41, 5.74) is 4.75. The highest BCUT2D eigenvalue weighted by Gasteiger charge is 1.99. The second-order valence-electron chi connectivity index (χ2n) is 2.89. The van der Waals surface area contributed by atoms with Crippen LogP contribution in [0.3, 0.4) is 0 Å². The summed E-state index contributed by atoms with van der Waals surface area (Å²) >= 11 is 0. The summed E-state index contributed by atoms with van der Waals surface area (Å²) in [7, 11) is 0. The Balaban J connectivity index is 2.59. The molecule has 0 atom stereocenters. The first-order valence-corrected chi connectivity index (χ1v) is 4.37. The third-order valence-electron chi connectivity index (χ3n) is 1.74. The molecule has 1 aromatic carbocycles. The lowest BCUT2D eigenvalue weighted by Gasteiger charge is -2.06. The number of phenolic OH excluding ortho intramolecular Hbond substituents is 1. The van der Waals surface area contributed by atoms with Gasteiger partial charge in [0.25, 0.3) is 0 Å². The molecular formula is C10H15NO2. The summed E-state index contributed by atoms with van der Waals surface area (Å²) in [6, 6.07) is 5.50. The fourth-order valence-corrected chi connectivity index (χ4v) is 1.09. The van der Waals surface area contributed by atoms with E-state index >= 15 is 0 Å². The maximum absolute atomic E-state index is 9.44. The largest absolute Gasteiger partial charge is 0.508 e. The molecule has 0 radical (unpaired) electrons. The molecule has 2 N–H and O–H groups in total. The summed E-state index contributed by atoms with van der Waals surface area (Å²) in [5.74, 6) is 0.304. The van der Waals surface area contributed by atoms with Crippen LogP contribution in [0.1, 0.15) is 18.1 Å². The van der Waals surface area contributed by atoms with Crippen molar-refractivity contribution in [2.24, 2.45) is 0 Å². The fraction of sp³-hybridized carbons (Fsp3) is 0.400. The molecule has 13 heavy (non-hydrogen) atoms. The molecule has 3 heteroatoms. The zero-order valence-electron chi connectivity index (χ0n) is 8.00. The van der Waals surface area contributed by atoms with Gasteiger partial charge in [-0.3, -0.25) is 0 Å². The van der Waals surface area contributed by atoms with Crippen LogP contribution in [0.5, 0.6) is 5.75 Å². The first kappa shape index (κ1) is 10.0. The highest BCUT2D eigenvalue weighted by molar-refractivity contribution is 5.35. The molecule has 1 rings (SSSR count). The molecule has 0 spiro atoms. The Bertz CT molecular complexity index is 274. The standard InChI is InChI=1S/C10H15NO2/c1-3-13-11-7-9-6-8(2)4-5-10(9)12/h4-6,11-12H,3,7H2,1-2H3. The SMILES string of the molecule is CCONCc1cc(C)ccc1O. The van der Waals surface area contributed by atoms with Crippen molar-refractivity contribution in [1.29, 1.82) is 0 Å². The Kier molecular flexibility index (Phi) is 3.73. The lowest BCUT2D eigenvalue weighted by atomic mass is 10.1. The van der Waals surface area contributed by atoms with Crippen molar-refractivity contribution in [3.05, 3.63) is 29.3 Å². The van der Waals surface area contributed by atoms with E-state index in [1.807, 2.05) is 26.0 Å². The monoisotopic (exact) mass is 181 g/mol. The van der Waals surface area contributed by atoms with E-state index in [-0.39, 0.29) is 0 Å². The van der Waals surface area contributed by atoms with Crippen LogP contribution >= 0.6 is 0 Å². The van der Waals surface area contributed by atoms with Crippen molar-refractivity contribution < 1.29 is 9.94 Å². The summed E-state index contributed by atoms with van der Waals surface area (Å²) in [4.78, 5) is 4.97. The van der Waals surface area contributed by atoms with Gasteiger partial charge in [-0.2, -0.15) is 5.48 Å². The molecule has 72 valence electrons. The summed E-state index contributed by atoms with van der Waals surface area (Å²) in [5, 5.41) is 9.44. The molecular weight excluding hydrogens is 166 g/mol. The molecule has 0 saturated heterocycles. The number of nitrogens with one attached hydrogen (secondary N) is 1. The quantitative estimate of drug-likeness (QED) is 0.549. The van der Waals surface area contributed by atoms with Crippen molar-refractivity contribution in [3.8, 4) is 5.75 Å². The van der Waals surface area contributed by atoms with E-state index in [1.165, 1.54) is 0 Å². The van der Waals surface area contributed by atoms with Gasteiger partial charge < -0.3 is 9.94 Å². The number of aromatic hydroxyl groups is 1. The average Bonchev–Trinajstić information content (AvgIpc) is 2.11. The molecule has 0 aliphatic carbocycles. The van der Waals surface area contributed by atoms with Crippen molar-refractivity contribution in [2.45, 2.75) is 20.4 Å². The minimum Gasteiger partial charge on any atom is -0.508 e. The van der Waals surface area contributed by atoms with Crippen molar-refractivity contribution in [3.63, 3.8) is 0 Å². The van der Waals surface area contributed by atoms with Gasteiger partial charge in [0, 0.05) is 12.1 Å². The van der Waals surface area contributed by atoms with E-state index in [0.717, 1.165) is 11.1 Å². The molecule has 0 aliphatic rings. The Hall–Kier alpha value is -1.06. The number of rotatable bonds is 4. The number of hydroxylamine groups is 1. The third kappa shape index (κ3) is 3.05. The minimum absolute atomic E-state index is 0.304. The molecule has 0 unspecified atom stereocenters. The molecule has 0 aliphatic heterocycles. The second-order valence-corrected chi connectivity index (χ2v) is 2.89. The van der Waals surface area contributed by atoms with Crippen LogP contribution < -0.4 is 5.48 Å². The Morgan fingerprint density at radius 3 is 2.92 bits per heavy atom. The van der Waals surface area contributed by atoms with Gasteiger partial charge in [0.2, 0.25) is 0 Å². The van der Waals surface area contributed by atoms with Crippen LogP contribution in [-0.4, -0.2) is 11.7 Å². The van der Waals surface area contributed by atoms with E-state index in [9.17, 15) is 5.11 Å². The predicted octanol–water partition coefficient (Wildman–Crippen LogP) is 1.74. The van der Waals surface area contributed by atoms with Gasteiger partial charge in [-0.25, -0.2) is 0 Å². The van der Waals surface area contributed by atoms with Crippen LogP contribution in [0.4, 0.5) is 0 Å². The predicted molar refractivity (Wildman–Crippen MR) is 51.3 cm³/mol. The molecule has 0 heterocycles. The van der Waals surface area contributed by atoms with Gasteiger partial charge in [0.05, 0.1) is 6.61 Å². The maximum Gasteiger partial charge on any atom is 0.120 e. The van der Waals surface area contributed by atoms with E-state index in [4.69, 9.17) is 4.84 Å². The topological polar surface area (TPSA) is 41.5 Å². The fourth-order valence-electron chi connectivity index (χ4n) is 1.09. The average molecular weight is 181 g/mol. The normalized spacial score (nSPS) is 10.3. The van der Waals surface area contributed by atoms with E-state index in [1.54, 1.807) is 6.07 Å². The number of hydrogen-bond donors (Lipinski definition) is 2. The zero-order chi connectivity index (χ0) is 9.68. The molecule has 0 amide bonds. The molecule has 1 aromatic rings. The van der Waals surface area contributed by atoms with E-state index in [2.05, 4.69) is 5.48 Å². The van der Waals surface area contributed by atoms with Crippen LogP contribution in [0.15, 0.2) is 18.2 Å². The lowest BCUT2D eigenvalue weighted by Crippen LogP contribution is -2.13. The maximum atomic E-state index is 9.44. The van der Waals surface area contributed by atoms with Crippen molar-refractivity contribution in [1.82, 2.24) is 5.48 Å². The summed E-state index contributed by atoms with van der Waals surface area (Å²) in [6.45, 7) is 5.04. The first-order valence-electron chi connectivity index (χ1n) is 4.37. The highest BCUT2D eigenvalue weighted by Crippen LogP contribution is 2.17. The highest BCUT2D eigenvalue weighted by atomic mass is 16.6. The zero-order valence-corrected chi connectivity index (χ0v) is 8.00. The van der Waals surface area contributed by atoms with Gasteiger partial charge in [-0.05, 0) is 19.9 Å². The Labute approximate surface area is 78.3 Å². The van der Waals surface area contributed by atoms with Gasteiger partial charge >= 0.3 is 0 Å². The third-order valence-corrected chi connectivity index (χ3v) is 1.74. The van der Waals surface area contributed by atoms with Crippen LogP contribution in [-0.2, 0) is 11.4 Å². The smallest absolute Gasteiger partial charge is 0.120 e. The van der Waals surface area contributed by atoms with Gasteiger partial charge in [-0.15, -0.1) is 0 Å². The van der Waals surface area contributed by atoms with Crippen molar-refractivity contribution in [2.75, 3.05) is 6.61 Å². The van der Waals surface area contributed by atoms with Crippen LogP contribution in [0.2, 0.25) is 0 Å². The number of phenols is 1. The lowest BCUT2D eigenvalue weighted by molar-refractivity contribution is 0.0459. The van der Waals surface area contributed by atoms with Crippen LogP contribution in [0, 0.1) is 6.92 Å². The minimum atomic E-state index is 0.304. The van der Waals surface area contributed by atoms with E-state index < -0.39 is 0 Å². The number of aryl methyl sites for hydroxylation is 1. The van der Waals surface area contributed by atoms with Gasteiger partial charge in [0.1, 0.15) is 5.75 Å².